The first kappa shape index (κ1) is 10.3. The molecule has 0 aliphatic heterocycles. The summed E-state index contributed by atoms with van der Waals surface area (Å²) in [6.45, 7) is 0. The number of nitrogens with two attached hydrogens (primary N) is 1. The van der Waals surface area contributed by atoms with Crippen LogP contribution in [0.25, 0.3) is 0 Å². The van der Waals surface area contributed by atoms with Gasteiger partial charge in [0, 0.05) is 5.69 Å². The summed E-state index contributed by atoms with van der Waals surface area (Å²) in [4.78, 5) is 0. The number of benzene rings is 1. The average molecular weight is 226 g/mol. The Balaban J connectivity index is 2.06. The van der Waals surface area contributed by atoms with Gasteiger partial charge in [-0.05, 0) is 37.0 Å². The number of hydrogen-bond donors (Lipinski definition) is 2. The molecule has 1 aromatic rings. The Morgan fingerprint density at radius 3 is 2.73 bits per heavy atom. The van der Waals surface area contributed by atoms with Crippen LogP contribution in [0.2, 0.25) is 0 Å². The first-order valence-electron chi connectivity index (χ1n) is 4.91. The molecule has 1 fully saturated rings. The van der Waals surface area contributed by atoms with E-state index in [4.69, 9.17) is 5.73 Å². The lowest BCUT2D eigenvalue weighted by atomic mass is 10.3. The normalized spacial score (nSPS) is 16.3. The van der Waals surface area contributed by atoms with E-state index in [1.54, 1.807) is 24.3 Å². The highest BCUT2D eigenvalue weighted by Crippen LogP contribution is 2.30. The van der Waals surface area contributed by atoms with Crippen molar-refractivity contribution in [3.05, 3.63) is 24.3 Å². The van der Waals surface area contributed by atoms with Gasteiger partial charge in [-0.2, -0.15) is 0 Å². The third kappa shape index (κ3) is 3.13. The van der Waals surface area contributed by atoms with Crippen molar-refractivity contribution in [1.82, 2.24) is 0 Å². The lowest BCUT2D eigenvalue weighted by molar-refractivity contribution is 0.597. The van der Waals surface area contributed by atoms with Gasteiger partial charge in [0.05, 0.1) is 11.4 Å². The zero-order chi connectivity index (χ0) is 10.9. The number of anilines is 2. The summed E-state index contributed by atoms with van der Waals surface area (Å²) in [6, 6.07) is 6.76. The van der Waals surface area contributed by atoms with Crippen molar-refractivity contribution in [3.63, 3.8) is 0 Å². The van der Waals surface area contributed by atoms with Crippen molar-refractivity contribution >= 4 is 21.4 Å². The largest absolute Gasteiger partial charge is 0.399 e. The van der Waals surface area contributed by atoms with Crippen LogP contribution in [0.15, 0.2) is 24.3 Å². The van der Waals surface area contributed by atoms with Crippen LogP contribution in [-0.2, 0) is 10.0 Å². The fourth-order valence-electron chi connectivity index (χ4n) is 1.42. The second kappa shape index (κ2) is 3.73. The Labute approximate surface area is 89.5 Å². The molecule has 1 saturated carbocycles. The predicted molar refractivity (Wildman–Crippen MR) is 61.0 cm³/mol. The van der Waals surface area contributed by atoms with Gasteiger partial charge in [-0.25, -0.2) is 8.42 Å². The van der Waals surface area contributed by atoms with E-state index in [0.29, 0.717) is 17.3 Å². The SMILES string of the molecule is Nc1cccc(NS(=O)(=O)CC2CC2)c1. The highest BCUT2D eigenvalue weighted by molar-refractivity contribution is 7.92. The van der Waals surface area contributed by atoms with E-state index in [0.717, 1.165) is 12.8 Å². The van der Waals surface area contributed by atoms with E-state index in [1.807, 2.05) is 0 Å². The molecule has 1 aliphatic carbocycles. The van der Waals surface area contributed by atoms with E-state index in [1.165, 1.54) is 0 Å². The van der Waals surface area contributed by atoms with Crippen LogP contribution in [0.1, 0.15) is 12.8 Å². The smallest absolute Gasteiger partial charge is 0.232 e. The zero-order valence-corrected chi connectivity index (χ0v) is 9.13. The molecule has 4 nitrogen and oxygen atoms in total. The minimum Gasteiger partial charge on any atom is -0.399 e. The Morgan fingerprint density at radius 1 is 1.40 bits per heavy atom. The summed E-state index contributed by atoms with van der Waals surface area (Å²) in [5.74, 6) is 0.575. The highest BCUT2D eigenvalue weighted by Gasteiger charge is 2.27. The lowest BCUT2D eigenvalue weighted by Crippen LogP contribution is -2.17. The maximum atomic E-state index is 11.6. The molecule has 0 atom stereocenters. The lowest BCUT2D eigenvalue weighted by Gasteiger charge is -2.07. The third-order valence-corrected chi connectivity index (χ3v) is 3.77. The predicted octanol–water partition coefficient (Wildman–Crippen LogP) is 1.42. The van der Waals surface area contributed by atoms with Gasteiger partial charge in [-0.1, -0.05) is 6.07 Å². The van der Waals surface area contributed by atoms with Crippen LogP contribution < -0.4 is 10.5 Å². The van der Waals surface area contributed by atoms with Crippen LogP contribution in [-0.4, -0.2) is 14.2 Å². The number of nitrogen functional groups attached to an aromatic ring is 1. The number of rotatable bonds is 4. The van der Waals surface area contributed by atoms with Crippen LogP contribution in [0.3, 0.4) is 0 Å². The van der Waals surface area contributed by atoms with Gasteiger partial charge in [0.1, 0.15) is 0 Å². The second-order valence-electron chi connectivity index (χ2n) is 3.95. The van der Waals surface area contributed by atoms with Crippen LogP contribution in [0, 0.1) is 5.92 Å². The minimum absolute atomic E-state index is 0.224. The fraction of sp³-hybridized carbons (Fsp3) is 0.400. The molecule has 0 radical (unpaired) electrons. The Hall–Kier alpha value is -1.23. The molecule has 1 aromatic carbocycles. The molecule has 0 aromatic heterocycles. The molecular weight excluding hydrogens is 212 g/mol. The highest BCUT2D eigenvalue weighted by atomic mass is 32.2. The third-order valence-electron chi connectivity index (χ3n) is 2.31. The molecule has 1 aliphatic rings. The van der Waals surface area contributed by atoms with E-state index < -0.39 is 10.0 Å². The number of hydrogen-bond acceptors (Lipinski definition) is 3. The molecule has 82 valence electrons. The second-order valence-corrected chi connectivity index (χ2v) is 5.72. The Kier molecular flexibility index (Phi) is 2.56. The first-order chi connectivity index (χ1) is 7.05. The van der Waals surface area contributed by atoms with Crippen molar-refractivity contribution < 1.29 is 8.42 Å². The number of sulfonamides is 1. The van der Waals surface area contributed by atoms with Gasteiger partial charge in [0.15, 0.2) is 0 Å². The van der Waals surface area contributed by atoms with E-state index in [2.05, 4.69) is 4.72 Å². The Bertz CT molecular complexity index is 452. The van der Waals surface area contributed by atoms with Gasteiger partial charge in [-0.3, -0.25) is 4.72 Å². The van der Waals surface area contributed by atoms with Crippen molar-refractivity contribution in [2.75, 3.05) is 16.2 Å². The average Bonchev–Trinajstić information content (AvgIpc) is 2.86. The maximum Gasteiger partial charge on any atom is 0.232 e. The molecule has 0 heterocycles. The molecule has 3 N–H and O–H groups in total. The van der Waals surface area contributed by atoms with Gasteiger partial charge >= 0.3 is 0 Å². The molecule has 5 heteroatoms. The van der Waals surface area contributed by atoms with Crippen molar-refractivity contribution in [3.8, 4) is 0 Å². The molecule has 0 bridgehead atoms. The van der Waals surface area contributed by atoms with E-state index in [9.17, 15) is 8.42 Å². The summed E-state index contributed by atoms with van der Waals surface area (Å²) in [7, 11) is -3.19. The van der Waals surface area contributed by atoms with Crippen LogP contribution in [0.4, 0.5) is 11.4 Å². The topological polar surface area (TPSA) is 72.2 Å². The van der Waals surface area contributed by atoms with E-state index in [-0.39, 0.29) is 5.75 Å². The van der Waals surface area contributed by atoms with Crippen molar-refractivity contribution in [2.45, 2.75) is 12.8 Å². The first-order valence-corrected chi connectivity index (χ1v) is 6.56. The molecule has 0 amide bonds. The molecule has 0 spiro atoms. The fourth-order valence-corrected chi connectivity index (χ4v) is 2.94. The van der Waals surface area contributed by atoms with Gasteiger partial charge in [0.25, 0.3) is 0 Å². The van der Waals surface area contributed by atoms with Crippen molar-refractivity contribution in [2.24, 2.45) is 5.92 Å². The zero-order valence-electron chi connectivity index (χ0n) is 8.31. The maximum absolute atomic E-state index is 11.6. The van der Waals surface area contributed by atoms with Crippen LogP contribution in [0.5, 0.6) is 0 Å². The summed E-state index contributed by atoms with van der Waals surface area (Å²) >= 11 is 0. The van der Waals surface area contributed by atoms with Crippen LogP contribution >= 0.6 is 0 Å². The van der Waals surface area contributed by atoms with E-state index >= 15 is 0 Å². The minimum atomic E-state index is -3.19. The quantitative estimate of drug-likeness (QED) is 0.763. The van der Waals surface area contributed by atoms with Gasteiger partial charge < -0.3 is 5.73 Å². The standard InChI is InChI=1S/C10H14N2O2S/c11-9-2-1-3-10(6-9)12-15(13,14)7-8-4-5-8/h1-3,6,8,12H,4-5,7,11H2. The Morgan fingerprint density at radius 2 is 2.13 bits per heavy atom. The number of nitrogens with one attached hydrogen (secondary N) is 1. The summed E-state index contributed by atoms with van der Waals surface area (Å²) < 4.78 is 25.7. The van der Waals surface area contributed by atoms with Gasteiger partial charge in [-0.15, -0.1) is 0 Å². The van der Waals surface area contributed by atoms with Gasteiger partial charge in [0.2, 0.25) is 10.0 Å². The molecule has 0 unspecified atom stereocenters. The molecular formula is C10H14N2O2S. The van der Waals surface area contributed by atoms with Crippen molar-refractivity contribution in [1.29, 1.82) is 0 Å². The summed E-state index contributed by atoms with van der Waals surface area (Å²) in [6.07, 6.45) is 2.05. The molecule has 0 saturated heterocycles. The molecule has 2 rings (SSSR count). The molecule has 15 heavy (non-hydrogen) atoms. The monoisotopic (exact) mass is 226 g/mol. The summed E-state index contributed by atoms with van der Waals surface area (Å²) in [5.41, 5.74) is 6.65. The summed E-state index contributed by atoms with van der Waals surface area (Å²) in [5, 5.41) is 0.